The van der Waals surface area contributed by atoms with E-state index < -0.39 is 28.5 Å². The molecule has 0 aliphatic heterocycles. The smallest absolute Gasteiger partial charge is 0.244 e. The van der Waals surface area contributed by atoms with Crippen LogP contribution >= 0.6 is 0 Å². The molecular formula is C22H29N3O5S. The van der Waals surface area contributed by atoms with E-state index in [0.717, 1.165) is 16.1 Å². The zero-order valence-corrected chi connectivity index (χ0v) is 19.1. The summed E-state index contributed by atoms with van der Waals surface area (Å²) in [5.41, 5.74) is 1.17. The monoisotopic (exact) mass is 447 g/mol. The predicted molar refractivity (Wildman–Crippen MR) is 120 cm³/mol. The number of ether oxygens (including phenoxy) is 1. The molecule has 1 atom stereocenters. The molecule has 0 bridgehead atoms. The molecule has 0 saturated heterocycles. The molecule has 1 N–H and O–H groups in total. The molecule has 2 amide bonds. The average molecular weight is 448 g/mol. The Hall–Kier alpha value is -3.07. The highest BCUT2D eigenvalue weighted by atomic mass is 32.2. The first-order valence-electron chi connectivity index (χ1n) is 9.90. The number of anilines is 1. The number of carbonyl (C=O) groups is 2. The zero-order chi connectivity index (χ0) is 23.0. The van der Waals surface area contributed by atoms with Gasteiger partial charge in [0.1, 0.15) is 18.3 Å². The lowest BCUT2D eigenvalue weighted by atomic mass is 10.1. The topological polar surface area (TPSA) is 96.0 Å². The molecule has 0 aliphatic carbocycles. The van der Waals surface area contributed by atoms with Gasteiger partial charge in [0.15, 0.2) is 0 Å². The summed E-state index contributed by atoms with van der Waals surface area (Å²) in [6, 6.07) is 14.9. The number of hydrogen-bond donors (Lipinski definition) is 1. The molecule has 0 spiro atoms. The van der Waals surface area contributed by atoms with Crippen LogP contribution in [-0.2, 0) is 26.2 Å². The van der Waals surface area contributed by atoms with Crippen LogP contribution in [0.15, 0.2) is 54.6 Å². The fraction of sp³-hybridized carbons (Fsp3) is 0.364. The van der Waals surface area contributed by atoms with E-state index in [4.69, 9.17) is 4.74 Å². The Balaban J connectivity index is 2.34. The van der Waals surface area contributed by atoms with E-state index in [2.05, 4.69) is 5.32 Å². The molecule has 2 rings (SSSR count). The van der Waals surface area contributed by atoms with E-state index in [9.17, 15) is 18.0 Å². The summed E-state index contributed by atoms with van der Waals surface area (Å²) in [7, 11) is -2.24. The van der Waals surface area contributed by atoms with Gasteiger partial charge in [-0.25, -0.2) is 8.42 Å². The number of carbonyl (C=O) groups excluding carboxylic acids is 2. The number of benzene rings is 2. The van der Waals surface area contributed by atoms with Crippen LogP contribution < -0.4 is 14.4 Å². The number of amides is 2. The first-order chi connectivity index (χ1) is 14.7. The van der Waals surface area contributed by atoms with E-state index in [0.29, 0.717) is 18.0 Å². The minimum Gasteiger partial charge on any atom is -0.497 e. The molecule has 168 valence electrons. The molecule has 2 aromatic rings. The van der Waals surface area contributed by atoms with Crippen LogP contribution in [0.2, 0.25) is 0 Å². The van der Waals surface area contributed by atoms with Crippen LogP contribution in [0.25, 0.3) is 0 Å². The molecular weight excluding hydrogens is 418 g/mol. The summed E-state index contributed by atoms with van der Waals surface area (Å²) in [5, 5.41) is 2.72. The van der Waals surface area contributed by atoms with E-state index in [-0.39, 0.29) is 12.5 Å². The standard InChI is InChI=1S/C22H29N3O5S/c1-5-23-22(27)17(2)24(15-18-9-7-6-8-10-18)21(26)16-25(31(4,28)29)19-11-13-20(30-3)14-12-19/h6-14,17H,5,15-16H2,1-4H3,(H,23,27)/t17-/m1/s1. The third-order valence-corrected chi connectivity index (χ3v) is 5.89. The van der Waals surface area contributed by atoms with Crippen molar-refractivity contribution < 1.29 is 22.7 Å². The third kappa shape index (κ3) is 6.71. The van der Waals surface area contributed by atoms with Gasteiger partial charge in [0.2, 0.25) is 21.8 Å². The highest BCUT2D eigenvalue weighted by molar-refractivity contribution is 7.92. The van der Waals surface area contributed by atoms with E-state index in [1.54, 1.807) is 38.1 Å². The van der Waals surface area contributed by atoms with Crippen LogP contribution in [0.4, 0.5) is 5.69 Å². The fourth-order valence-electron chi connectivity index (χ4n) is 3.05. The third-order valence-electron chi connectivity index (χ3n) is 4.75. The van der Waals surface area contributed by atoms with Gasteiger partial charge in [-0.05, 0) is 43.7 Å². The summed E-state index contributed by atoms with van der Waals surface area (Å²) < 4.78 is 31.0. The van der Waals surface area contributed by atoms with Crippen molar-refractivity contribution in [2.24, 2.45) is 0 Å². The van der Waals surface area contributed by atoms with Crippen LogP contribution in [0.1, 0.15) is 19.4 Å². The molecule has 0 unspecified atom stereocenters. The van der Waals surface area contributed by atoms with Crippen molar-refractivity contribution in [3.63, 3.8) is 0 Å². The Morgan fingerprint density at radius 1 is 1.06 bits per heavy atom. The van der Waals surface area contributed by atoms with Crippen molar-refractivity contribution in [3.8, 4) is 5.75 Å². The lowest BCUT2D eigenvalue weighted by Crippen LogP contribution is -2.51. The maximum absolute atomic E-state index is 13.3. The molecule has 0 fully saturated rings. The number of rotatable bonds is 10. The van der Waals surface area contributed by atoms with Gasteiger partial charge in [-0.15, -0.1) is 0 Å². The van der Waals surface area contributed by atoms with Crippen molar-refractivity contribution >= 4 is 27.5 Å². The summed E-state index contributed by atoms with van der Waals surface area (Å²) in [6.07, 6.45) is 1.04. The first-order valence-corrected chi connectivity index (χ1v) is 11.7. The Morgan fingerprint density at radius 3 is 2.19 bits per heavy atom. The average Bonchev–Trinajstić information content (AvgIpc) is 2.75. The number of sulfonamides is 1. The fourth-order valence-corrected chi connectivity index (χ4v) is 3.90. The van der Waals surface area contributed by atoms with Crippen LogP contribution in [0.5, 0.6) is 5.75 Å². The van der Waals surface area contributed by atoms with E-state index in [1.165, 1.54) is 12.0 Å². The molecule has 0 aliphatic rings. The van der Waals surface area contributed by atoms with Crippen LogP contribution in [-0.4, -0.2) is 57.6 Å². The molecule has 2 aromatic carbocycles. The Morgan fingerprint density at radius 2 is 1.68 bits per heavy atom. The molecule has 0 radical (unpaired) electrons. The quantitative estimate of drug-likeness (QED) is 0.601. The van der Waals surface area contributed by atoms with Gasteiger partial charge in [-0.1, -0.05) is 30.3 Å². The number of hydrogen-bond acceptors (Lipinski definition) is 5. The molecule has 31 heavy (non-hydrogen) atoms. The Labute approximate surface area is 183 Å². The number of likely N-dealkylation sites (N-methyl/N-ethyl adjacent to an activating group) is 1. The van der Waals surface area contributed by atoms with Gasteiger partial charge in [-0.3, -0.25) is 13.9 Å². The van der Waals surface area contributed by atoms with Gasteiger partial charge in [0.25, 0.3) is 0 Å². The minimum absolute atomic E-state index is 0.179. The van der Waals surface area contributed by atoms with Crippen molar-refractivity contribution in [2.45, 2.75) is 26.4 Å². The van der Waals surface area contributed by atoms with Gasteiger partial charge >= 0.3 is 0 Å². The van der Waals surface area contributed by atoms with Crippen molar-refractivity contribution in [3.05, 3.63) is 60.2 Å². The molecule has 0 saturated carbocycles. The summed E-state index contributed by atoms with van der Waals surface area (Å²) >= 11 is 0. The van der Waals surface area contributed by atoms with Gasteiger partial charge < -0.3 is 15.0 Å². The van der Waals surface area contributed by atoms with Crippen LogP contribution in [0, 0.1) is 0 Å². The summed E-state index contributed by atoms with van der Waals surface area (Å²) in [6.45, 7) is 3.60. The van der Waals surface area contributed by atoms with E-state index in [1.807, 2.05) is 30.3 Å². The normalized spacial score (nSPS) is 12.0. The maximum atomic E-state index is 13.3. The lowest BCUT2D eigenvalue weighted by molar-refractivity contribution is -0.139. The van der Waals surface area contributed by atoms with Crippen molar-refractivity contribution in [1.82, 2.24) is 10.2 Å². The molecule has 8 nitrogen and oxygen atoms in total. The maximum Gasteiger partial charge on any atom is 0.244 e. The first kappa shape index (κ1) is 24.2. The summed E-state index contributed by atoms with van der Waals surface area (Å²) in [4.78, 5) is 27.1. The predicted octanol–water partition coefficient (Wildman–Crippen LogP) is 2.01. The Kier molecular flexibility index (Phi) is 8.44. The lowest BCUT2D eigenvalue weighted by Gasteiger charge is -2.31. The Bertz CT molecular complexity index is 978. The van der Waals surface area contributed by atoms with Gasteiger partial charge in [0, 0.05) is 13.1 Å². The van der Waals surface area contributed by atoms with Gasteiger partial charge in [-0.2, -0.15) is 0 Å². The second-order valence-electron chi connectivity index (χ2n) is 7.05. The minimum atomic E-state index is -3.75. The molecule has 0 aromatic heterocycles. The number of methoxy groups -OCH3 is 1. The molecule has 0 heterocycles. The summed E-state index contributed by atoms with van der Waals surface area (Å²) in [5.74, 6) is -0.218. The number of nitrogens with one attached hydrogen (secondary N) is 1. The SMILES string of the molecule is CCNC(=O)[C@@H](C)N(Cc1ccccc1)C(=O)CN(c1ccc(OC)cc1)S(C)(=O)=O. The van der Waals surface area contributed by atoms with Crippen LogP contribution in [0.3, 0.4) is 0 Å². The van der Waals surface area contributed by atoms with Crippen molar-refractivity contribution in [1.29, 1.82) is 0 Å². The van der Waals surface area contributed by atoms with Crippen molar-refractivity contribution in [2.75, 3.05) is 30.8 Å². The highest BCUT2D eigenvalue weighted by Gasteiger charge is 2.29. The van der Waals surface area contributed by atoms with E-state index >= 15 is 0 Å². The zero-order valence-electron chi connectivity index (χ0n) is 18.2. The van der Waals surface area contributed by atoms with Gasteiger partial charge in [0.05, 0.1) is 19.1 Å². The second kappa shape index (κ2) is 10.8. The second-order valence-corrected chi connectivity index (χ2v) is 8.95. The highest BCUT2D eigenvalue weighted by Crippen LogP contribution is 2.22. The molecule has 9 heteroatoms. The largest absolute Gasteiger partial charge is 0.497 e. The number of nitrogens with zero attached hydrogens (tertiary/aromatic N) is 2.